The highest BCUT2D eigenvalue weighted by Crippen LogP contribution is 2.34. The quantitative estimate of drug-likeness (QED) is 0.322. The average molecular weight is 347 g/mol. The van der Waals surface area contributed by atoms with Gasteiger partial charge in [0, 0.05) is 16.5 Å². The number of aryl methyl sites for hydroxylation is 2. The molecule has 0 saturated heterocycles. The van der Waals surface area contributed by atoms with Crippen LogP contribution in [0.5, 0.6) is 0 Å². The molecule has 0 aliphatic rings. The average Bonchev–Trinajstić information content (AvgIpc) is 3.04. The van der Waals surface area contributed by atoms with Crippen molar-refractivity contribution in [1.82, 2.24) is 4.57 Å². The number of benzene rings is 4. The molecule has 1 heteroatoms. The summed E-state index contributed by atoms with van der Waals surface area (Å²) < 4.78 is 2.38. The molecule has 0 amide bonds. The van der Waals surface area contributed by atoms with Crippen LogP contribution < -0.4 is 0 Å². The lowest BCUT2D eigenvalue weighted by Crippen LogP contribution is -1.96. The first kappa shape index (κ1) is 15.9. The van der Waals surface area contributed by atoms with Crippen LogP contribution in [-0.4, -0.2) is 4.57 Å². The van der Waals surface area contributed by atoms with E-state index in [2.05, 4.69) is 109 Å². The molecule has 0 atom stereocenters. The summed E-state index contributed by atoms with van der Waals surface area (Å²) in [6.07, 6.45) is 0. The number of fused-ring (bicyclic) bond motifs is 3. The van der Waals surface area contributed by atoms with Gasteiger partial charge in [-0.3, -0.25) is 0 Å². The van der Waals surface area contributed by atoms with E-state index in [1.807, 2.05) is 0 Å². The topological polar surface area (TPSA) is 4.93 Å². The van der Waals surface area contributed by atoms with Crippen LogP contribution in [0.1, 0.15) is 11.1 Å². The molecule has 5 rings (SSSR count). The molecule has 27 heavy (non-hydrogen) atoms. The minimum atomic E-state index is 1.20. The number of aromatic nitrogens is 1. The van der Waals surface area contributed by atoms with Gasteiger partial charge >= 0.3 is 0 Å². The maximum absolute atomic E-state index is 2.38. The number of rotatable bonds is 2. The van der Waals surface area contributed by atoms with Gasteiger partial charge in [-0.2, -0.15) is 0 Å². The Balaban J connectivity index is 1.84. The van der Waals surface area contributed by atoms with Crippen LogP contribution in [0.25, 0.3) is 38.6 Å². The Morgan fingerprint density at radius 1 is 0.519 bits per heavy atom. The molecule has 4 aromatic carbocycles. The van der Waals surface area contributed by atoms with Crippen LogP contribution in [0.4, 0.5) is 0 Å². The summed E-state index contributed by atoms with van der Waals surface area (Å²) >= 11 is 0. The van der Waals surface area contributed by atoms with Gasteiger partial charge in [0.1, 0.15) is 0 Å². The molecule has 0 aliphatic carbocycles. The number of hydrogen-bond acceptors (Lipinski definition) is 0. The second kappa shape index (κ2) is 6.14. The molecule has 0 fully saturated rings. The zero-order valence-corrected chi connectivity index (χ0v) is 15.6. The summed E-state index contributed by atoms with van der Waals surface area (Å²) in [4.78, 5) is 0. The van der Waals surface area contributed by atoms with Gasteiger partial charge < -0.3 is 4.57 Å². The van der Waals surface area contributed by atoms with Gasteiger partial charge in [0.25, 0.3) is 0 Å². The van der Waals surface area contributed by atoms with Crippen LogP contribution in [0, 0.1) is 13.8 Å². The van der Waals surface area contributed by atoms with Gasteiger partial charge in [-0.15, -0.1) is 0 Å². The molecule has 0 radical (unpaired) electrons. The third-order valence-electron chi connectivity index (χ3n) is 5.49. The van der Waals surface area contributed by atoms with E-state index in [0.29, 0.717) is 0 Å². The van der Waals surface area contributed by atoms with Crippen molar-refractivity contribution in [1.29, 1.82) is 0 Å². The molecule has 0 aliphatic heterocycles. The highest BCUT2D eigenvalue weighted by molar-refractivity contribution is 6.09. The lowest BCUT2D eigenvalue weighted by molar-refractivity contribution is 1.17. The first-order chi connectivity index (χ1) is 13.2. The second-order valence-corrected chi connectivity index (χ2v) is 7.18. The number of hydrogen-bond donors (Lipinski definition) is 0. The number of para-hydroxylation sites is 2. The second-order valence-electron chi connectivity index (χ2n) is 7.18. The first-order valence-corrected chi connectivity index (χ1v) is 9.39. The van der Waals surface area contributed by atoms with Crippen LogP contribution in [0.15, 0.2) is 91.0 Å². The van der Waals surface area contributed by atoms with Gasteiger partial charge in [0.05, 0.1) is 11.0 Å². The Labute approximate surface area is 159 Å². The first-order valence-electron chi connectivity index (χ1n) is 9.39. The molecule has 0 unspecified atom stereocenters. The van der Waals surface area contributed by atoms with Crippen molar-refractivity contribution >= 4 is 21.8 Å². The maximum atomic E-state index is 2.38. The van der Waals surface area contributed by atoms with Crippen LogP contribution in [-0.2, 0) is 0 Å². The molecule has 5 aromatic rings. The van der Waals surface area contributed by atoms with E-state index in [4.69, 9.17) is 0 Å². The smallest absolute Gasteiger partial charge is 0.0541 e. The van der Waals surface area contributed by atoms with Crippen LogP contribution in [0.3, 0.4) is 0 Å². The third kappa shape index (κ3) is 2.47. The van der Waals surface area contributed by atoms with E-state index in [1.54, 1.807) is 0 Å². The number of nitrogens with zero attached hydrogens (tertiary/aromatic N) is 1. The summed E-state index contributed by atoms with van der Waals surface area (Å²) in [7, 11) is 0. The highest BCUT2D eigenvalue weighted by Gasteiger charge is 2.13. The summed E-state index contributed by atoms with van der Waals surface area (Å²) in [5, 5.41) is 2.59. The lowest BCUT2D eigenvalue weighted by atomic mass is 9.96. The molecule has 1 aromatic heterocycles. The molecule has 1 heterocycles. The fourth-order valence-corrected chi connectivity index (χ4v) is 4.12. The Morgan fingerprint density at radius 3 is 1.74 bits per heavy atom. The highest BCUT2D eigenvalue weighted by atomic mass is 15.0. The predicted molar refractivity (Wildman–Crippen MR) is 116 cm³/mol. The van der Waals surface area contributed by atoms with Crippen molar-refractivity contribution < 1.29 is 0 Å². The standard InChI is InChI=1S/C26H21N/c1-18-9-3-4-10-21(18)24-17-20(16-15-19(24)2)27-25-13-7-5-11-22(25)23-12-6-8-14-26(23)27/h3-17H,1-2H3. The lowest BCUT2D eigenvalue weighted by Gasteiger charge is -2.14. The zero-order chi connectivity index (χ0) is 18.4. The fraction of sp³-hybridized carbons (Fsp3) is 0.0769. The van der Waals surface area contributed by atoms with Crippen molar-refractivity contribution in [2.24, 2.45) is 0 Å². The van der Waals surface area contributed by atoms with Crippen molar-refractivity contribution in [2.75, 3.05) is 0 Å². The zero-order valence-electron chi connectivity index (χ0n) is 15.6. The van der Waals surface area contributed by atoms with Crippen molar-refractivity contribution in [2.45, 2.75) is 13.8 Å². The normalized spacial score (nSPS) is 11.3. The molecular formula is C26H21N. The van der Waals surface area contributed by atoms with Crippen molar-refractivity contribution in [3.05, 3.63) is 102 Å². The minimum Gasteiger partial charge on any atom is -0.309 e. The molecule has 1 nitrogen and oxygen atoms in total. The Kier molecular flexibility index (Phi) is 3.61. The van der Waals surface area contributed by atoms with Gasteiger partial charge in [-0.1, -0.05) is 66.7 Å². The Morgan fingerprint density at radius 2 is 1.07 bits per heavy atom. The summed E-state index contributed by atoms with van der Waals surface area (Å²) in [6, 6.07) is 32.7. The van der Waals surface area contributed by atoms with E-state index in [-0.39, 0.29) is 0 Å². The largest absolute Gasteiger partial charge is 0.309 e. The van der Waals surface area contributed by atoms with Crippen molar-refractivity contribution in [3.8, 4) is 16.8 Å². The monoisotopic (exact) mass is 347 g/mol. The van der Waals surface area contributed by atoms with Crippen LogP contribution in [0.2, 0.25) is 0 Å². The van der Waals surface area contributed by atoms with Gasteiger partial charge in [-0.05, 0) is 60.4 Å². The summed E-state index contributed by atoms with van der Waals surface area (Å²) in [5.74, 6) is 0. The Bertz CT molecular complexity index is 1240. The van der Waals surface area contributed by atoms with E-state index in [1.165, 1.54) is 49.7 Å². The van der Waals surface area contributed by atoms with E-state index < -0.39 is 0 Å². The molecule has 0 bridgehead atoms. The minimum absolute atomic E-state index is 1.20. The molecular weight excluding hydrogens is 326 g/mol. The molecule has 0 N–H and O–H groups in total. The third-order valence-corrected chi connectivity index (χ3v) is 5.49. The van der Waals surface area contributed by atoms with Gasteiger partial charge in [0.2, 0.25) is 0 Å². The van der Waals surface area contributed by atoms with E-state index in [9.17, 15) is 0 Å². The van der Waals surface area contributed by atoms with Gasteiger partial charge in [0.15, 0.2) is 0 Å². The Hall–Kier alpha value is -3.32. The van der Waals surface area contributed by atoms with Crippen LogP contribution >= 0.6 is 0 Å². The maximum Gasteiger partial charge on any atom is 0.0541 e. The van der Waals surface area contributed by atoms with Crippen molar-refractivity contribution in [3.63, 3.8) is 0 Å². The summed E-state index contributed by atoms with van der Waals surface area (Å²) in [6.45, 7) is 4.37. The molecule has 0 spiro atoms. The predicted octanol–water partition coefficient (Wildman–Crippen LogP) is 7.07. The summed E-state index contributed by atoms with van der Waals surface area (Å²) in [5.41, 5.74) is 8.91. The fourth-order valence-electron chi connectivity index (χ4n) is 4.12. The molecule has 130 valence electrons. The van der Waals surface area contributed by atoms with E-state index >= 15 is 0 Å². The van der Waals surface area contributed by atoms with Gasteiger partial charge in [-0.25, -0.2) is 0 Å². The SMILES string of the molecule is Cc1ccccc1-c1cc(-n2c3ccccc3c3ccccc32)ccc1C. The van der Waals surface area contributed by atoms with E-state index in [0.717, 1.165) is 0 Å². The molecule has 0 saturated carbocycles.